The first-order valence-corrected chi connectivity index (χ1v) is 5.09. The van der Waals surface area contributed by atoms with Crippen molar-refractivity contribution in [1.82, 2.24) is 0 Å². The summed E-state index contributed by atoms with van der Waals surface area (Å²) in [6, 6.07) is 3.80. The van der Waals surface area contributed by atoms with Crippen molar-refractivity contribution in [2.24, 2.45) is 0 Å². The number of ether oxygens (including phenoxy) is 1. The molecule has 1 aromatic carbocycles. The number of benzene rings is 1. The molecule has 1 rings (SSSR count). The van der Waals surface area contributed by atoms with Gasteiger partial charge in [0, 0.05) is 6.07 Å². The van der Waals surface area contributed by atoms with Crippen molar-refractivity contribution in [1.29, 1.82) is 0 Å². The third-order valence-corrected chi connectivity index (χ3v) is 2.32. The Morgan fingerprint density at radius 3 is 2.75 bits per heavy atom. The van der Waals surface area contributed by atoms with Gasteiger partial charge in [0.15, 0.2) is 0 Å². The highest BCUT2D eigenvalue weighted by molar-refractivity contribution is 5.34. The van der Waals surface area contributed by atoms with Gasteiger partial charge in [0.05, 0.1) is 17.6 Å². The highest BCUT2D eigenvalue weighted by Crippen LogP contribution is 2.18. The number of nitrogens with zero attached hydrogens (tertiary/aromatic N) is 1. The molecule has 0 N–H and O–H groups in total. The quantitative estimate of drug-likeness (QED) is 0.573. The summed E-state index contributed by atoms with van der Waals surface area (Å²) in [5.74, 6) is -0.824. The summed E-state index contributed by atoms with van der Waals surface area (Å²) in [4.78, 5) is 9.64. The van der Waals surface area contributed by atoms with Crippen LogP contribution in [-0.4, -0.2) is 11.0 Å². The summed E-state index contributed by atoms with van der Waals surface area (Å²) in [5, 5.41) is 10.4. The Morgan fingerprint density at radius 1 is 1.56 bits per heavy atom. The van der Waals surface area contributed by atoms with E-state index in [4.69, 9.17) is 4.74 Å². The zero-order valence-electron chi connectivity index (χ0n) is 9.27. The molecule has 0 amide bonds. The van der Waals surface area contributed by atoms with Gasteiger partial charge in [-0.05, 0) is 31.0 Å². The zero-order valence-corrected chi connectivity index (χ0v) is 9.27. The smallest absolute Gasteiger partial charge is 0.304 e. The van der Waals surface area contributed by atoms with E-state index in [0.717, 1.165) is 18.6 Å². The average Bonchev–Trinajstić information content (AvgIpc) is 2.25. The Labute approximate surface area is 93.2 Å². The standard InChI is InChI=1S/C11H14FNO3/c1-3-8(2)16-7-9-4-5-11(13(14)15)10(12)6-9/h4-6,8H,3,7H2,1-2H3. The molecule has 0 aliphatic heterocycles. The van der Waals surface area contributed by atoms with E-state index in [1.165, 1.54) is 6.07 Å². The van der Waals surface area contributed by atoms with Gasteiger partial charge in [0.1, 0.15) is 0 Å². The Kier molecular flexibility index (Phi) is 4.37. The van der Waals surface area contributed by atoms with E-state index in [0.29, 0.717) is 5.56 Å². The summed E-state index contributed by atoms with van der Waals surface area (Å²) in [5.41, 5.74) is 0.0932. The molecule has 0 aliphatic rings. The normalized spacial score (nSPS) is 12.4. The number of halogens is 1. The van der Waals surface area contributed by atoms with Crippen molar-refractivity contribution in [3.8, 4) is 0 Å². The van der Waals surface area contributed by atoms with Crippen LogP contribution in [0.3, 0.4) is 0 Å². The molecule has 0 radical (unpaired) electrons. The number of nitro groups is 1. The first kappa shape index (κ1) is 12.6. The Hall–Kier alpha value is -1.49. The summed E-state index contributed by atoms with van der Waals surface area (Å²) in [6.45, 7) is 4.17. The minimum Gasteiger partial charge on any atom is -0.374 e. The lowest BCUT2D eigenvalue weighted by molar-refractivity contribution is -0.387. The van der Waals surface area contributed by atoms with E-state index < -0.39 is 16.4 Å². The van der Waals surface area contributed by atoms with Crippen LogP contribution < -0.4 is 0 Å². The van der Waals surface area contributed by atoms with Crippen LogP contribution in [0.2, 0.25) is 0 Å². The molecule has 0 saturated carbocycles. The third kappa shape index (κ3) is 3.27. The minimum absolute atomic E-state index is 0.0956. The van der Waals surface area contributed by atoms with E-state index in [1.807, 2.05) is 13.8 Å². The predicted octanol–water partition coefficient (Wildman–Crippen LogP) is 3.05. The lowest BCUT2D eigenvalue weighted by atomic mass is 10.2. The zero-order chi connectivity index (χ0) is 12.1. The van der Waals surface area contributed by atoms with E-state index in [-0.39, 0.29) is 12.7 Å². The highest BCUT2D eigenvalue weighted by atomic mass is 19.1. The topological polar surface area (TPSA) is 52.4 Å². The van der Waals surface area contributed by atoms with Crippen LogP contribution in [0.5, 0.6) is 0 Å². The minimum atomic E-state index is -0.824. The van der Waals surface area contributed by atoms with Crippen molar-refractivity contribution in [2.45, 2.75) is 33.0 Å². The van der Waals surface area contributed by atoms with Crippen molar-refractivity contribution >= 4 is 5.69 Å². The Morgan fingerprint density at radius 2 is 2.25 bits per heavy atom. The van der Waals surface area contributed by atoms with Crippen molar-refractivity contribution < 1.29 is 14.1 Å². The summed E-state index contributed by atoms with van der Waals surface area (Å²) >= 11 is 0. The monoisotopic (exact) mass is 227 g/mol. The fourth-order valence-corrected chi connectivity index (χ4v) is 1.14. The summed E-state index contributed by atoms with van der Waals surface area (Å²) in [6.07, 6.45) is 0.966. The molecule has 0 saturated heterocycles. The molecule has 0 heterocycles. The second-order valence-electron chi connectivity index (χ2n) is 3.57. The van der Waals surface area contributed by atoms with Gasteiger partial charge in [-0.25, -0.2) is 0 Å². The van der Waals surface area contributed by atoms with Gasteiger partial charge in [0.2, 0.25) is 5.82 Å². The molecule has 0 bridgehead atoms. The fraction of sp³-hybridized carbons (Fsp3) is 0.455. The van der Waals surface area contributed by atoms with Crippen LogP contribution in [0, 0.1) is 15.9 Å². The van der Waals surface area contributed by atoms with Crippen LogP contribution in [0.4, 0.5) is 10.1 Å². The Bertz CT molecular complexity index is 381. The molecular formula is C11H14FNO3. The molecule has 5 heteroatoms. The maximum atomic E-state index is 13.2. The van der Waals surface area contributed by atoms with Gasteiger partial charge < -0.3 is 4.74 Å². The van der Waals surface area contributed by atoms with Crippen molar-refractivity contribution in [3.05, 3.63) is 39.7 Å². The van der Waals surface area contributed by atoms with Gasteiger partial charge in [-0.2, -0.15) is 4.39 Å². The second-order valence-corrected chi connectivity index (χ2v) is 3.57. The second kappa shape index (κ2) is 5.55. The van der Waals surface area contributed by atoms with Gasteiger partial charge in [-0.15, -0.1) is 0 Å². The van der Waals surface area contributed by atoms with Crippen LogP contribution in [0.25, 0.3) is 0 Å². The van der Waals surface area contributed by atoms with Gasteiger partial charge in [0.25, 0.3) is 0 Å². The molecule has 1 aromatic rings. The molecule has 1 atom stereocenters. The maximum Gasteiger partial charge on any atom is 0.304 e. The van der Waals surface area contributed by atoms with Crippen molar-refractivity contribution in [3.63, 3.8) is 0 Å². The molecule has 1 unspecified atom stereocenters. The predicted molar refractivity (Wildman–Crippen MR) is 57.6 cm³/mol. The summed E-state index contributed by atoms with van der Waals surface area (Å²) in [7, 11) is 0. The van der Waals surface area contributed by atoms with Crippen LogP contribution in [-0.2, 0) is 11.3 Å². The largest absolute Gasteiger partial charge is 0.374 e. The summed E-state index contributed by atoms with van der Waals surface area (Å²) < 4.78 is 18.6. The molecule has 0 aliphatic carbocycles. The molecule has 0 fully saturated rings. The molecule has 16 heavy (non-hydrogen) atoms. The van der Waals surface area contributed by atoms with E-state index >= 15 is 0 Å². The lowest BCUT2D eigenvalue weighted by Crippen LogP contribution is -2.06. The Balaban J connectivity index is 2.70. The van der Waals surface area contributed by atoms with Gasteiger partial charge in [-0.1, -0.05) is 6.92 Å². The molecule has 88 valence electrons. The molecular weight excluding hydrogens is 213 g/mol. The first-order valence-electron chi connectivity index (χ1n) is 5.09. The van der Waals surface area contributed by atoms with E-state index in [1.54, 1.807) is 0 Å². The van der Waals surface area contributed by atoms with Gasteiger partial charge in [-0.3, -0.25) is 10.1 Å². The number of nitro benzene ring substituents is 1. The maximum absolute atomic E-state index is 13.2. The van der Waals surface area contributed by atoms with Gasteiger partial charge >= 0.3 is 5.69 Å². The van der Waals surface area contributed by atoms with Crippen molar-refractivity contribution in [2.75, 3.05) is 0 Å². The molecule has 0 spiro atoms. The van der Waals surface area contributed by atoms with Crippen LogP contribution in [0.1, 0.15) is 25.8 Å². The highest BCUT2D eigenvalue weighted by Gasteiger charge is 2.13. The van der Waals surface area contributed by atoms with Crippen LogP contribution >= 0.6 is 0 Å². The lowest BCUT2D eigenvalue weighted by Gasteiger charge is -2.10. The number of hydrogen-bond acceptors (Lipinski definition) is 3. The van der Waals surface area contributed by atoms with E-state index in [9.17, 15) is 14.5 Å². The first-order chi connectivity index (χ1) is 7.54. The average molecular weight is 227 g/mol. The number of rotatable bonds is 5. The third-order valence-electron chi connectivity index (χ3n) is 2.32. The SMILES string of the molecule is CCC(C)OCc1ccc([N+](=O)[O-])c(F)c1. The number of hydrogen-bond donors (Lipinski definition) is 0. The molecule has 4 nitrogen and oxygen atoms in total. The fourth-order valence-electron chi connectivity index (χ4n) is 1.14. The van der Waals surface area contributed by atoms with Crippen LogP contribution in [0.15, 0.2) is 18.2 Å². The van der Waals surface area contributed by atoms with E-state index in [2.05, 4.69) is 0 Å². The molecule has 0 aromatic heterocycles.